The molecule has 0 atom stereocenters. The SMILES string of the molecule is Oc1ccccc1-c1ccc2c(n1)c1c3c4nc(-c5ccccc5)ccc4n(-c4ccc5c(c4)oc4ccccc45)c3ccc1n2-c1ccc2c(c1)oc1ccccc12. The fourth-order valence-corrected chi connectivity index (χ4v) is 9.20. The number of phenolic OH excluding ortho intramolecular Hbond substituents is 1. The number of hydrogen-bond acceptors (Lipinski definition) is 5. The van der Waals surface area contributed by atoms with Crippen molar-refractivity contribution >= 4 is 87.7 Å². The van der Waals surface area contributed by atoms with Gasteiger partial charge in [-0.2, -0.15) is 0 Å². The van der Waals surface area contributed by atoms with E-state index in [-0.39, 0.29) is 5.75 Å². The van der Waals surface area contributed by atoms with Crippen LogP contribution >= 0.6 is 0 Å². The lowest BCUT2D eigenvalue weighted by atomic mass is 10.1. The summed E-state index contributed by atoms with van der Waals surface area (Å²) < 4.78 is 17.4. The number of para-hydroxylation sites is 3. The molecule has 6 heterocycles. The third kappa shape index (κ3) is 4.58. The number of benzene rings is 7. The third-order valence-electron chi connectivity index (χ3n) is 11.8. The van der Waals surface area contributed by atoms with E-state index >= 15 is 0 Å². The molecule has 0 radical (unpaired) electrons. The maximum Gasteiger partial charge on any atom is 0.137 e. The largest absolute Gasteiger partial charge is 0.507 e. The highest BCUT2D eigenvalue weighted by molar-refractivity contribution is 6.27. The smallest absolute Gasteiger partial charge is 0.137 e. The molecule has 6 aromatic heterocycles. The maximum absolute atomic E-state index is 11.0. The van der Waals surface area contributed by atoms with E-state index in [9.17, 15) is 5.11 Å². The molecule has 13 aromatic rings. The van der Waals surface area contributed by atoms with Gasteiger partial charge in [-0.1, -0.05) is 78.9 Å². The van der Waals surface area contributed by atoms with E-state index in [0.717, 1.165) is 110 Å². The number of nitrogens with zero attached hydrogens (tertiary/aromatic N) is 4. The van der Waals surface area contributed by atoms with Crippen molar-refractivity contribution < 1.29 is 13.9 Å². The standard InChI is InChI=1S/C52H30N4O3/c57-44-15-7-4-14-37(44)39-23-25-43-52(54-39)50-41(56(43)32-19-21-36-34-13-6-9-17-46(34)59-48(36)29-32)27-26-40-49(50)51-42(24-22-38(53-51)30-10-2-1-3-11-30)55(40)31-18-20-35-33-12-5-8-16-45(33)58-47(35)28-31/h1-29,57H. The van der Waals surface area contributed by atoms with Crippen LogP contribution in [0.1, 0.15) is 0 Å². The van der Waals surface area contributed by atoms with Gasteiger partial charge < -0.3 is 23.1 Å². The van der Waals surface area contributed by atoms with E-state index in [0.29, 0.717) is 11.3 Å². The second-order valence-corrected chi connectivity index (χ2v) is 15.1. The van der Waals surface area contributed by atoms with E-state index in [4.69, 9.17) is 18.8 Å². The molecule has 0 aliphatic heterocycles. The summed E-state index contributed by atoms with van der Waals surface area (Å²) in [5.74, 6) is 0.176. The summed E-state index contributed by atoms with van der Waals surface area (Å²) in [5.41, 5.74) is 14.0. The summed E-state index contributed by atoms with van der Waals surface area (Å²) in [4.78, 5) is 10.9. The summed E-state index contributed by atoms with van der Waals surface area (Å²) in [6.45, 7) is 0. The Morgan fingerprint density at radius 3 is 1.46 bits per heavy atom. The number of aromatic hydroxyl groups is 1. The van der Waals surface area contributed by atoms with Crippen LogP contribution < -0.4 is 0 Å². The number of hydrogen-bond donors (Lipinski definition) is 1. The van der Waals surface area contributed by atoms with Crippen molar-refractivity contribution in [3.8, 4) is 39.6 Å². The monoisotopic (exact) mass is 758 g/mol. The number of fused-ring (bicyclic) bond motifs is 13. The Morgan fingerprint density at radius 2 is 0.864 bits per heavy atom. The number of furan rings is 2. The van der Waals surface area contributed by atoms with E-state index in [1.807, 2.05) is 78.9 Å². The van der Waals surface area contributed by atoms with Crippen LogP contribution in [0, 0.1) is 0 Å². The summed E-state index contributed by atoms with van der Waals surface area (Å²) >= 11 is 0. The highest BCUT2D eigenvalue weighted by Crippen LogP contribution is 2.44. The molecule has 7 heteroatoms. The lowest BCUT2D eigenvalue weighted by Crippen LogP contribution is -1.95. The second kappa shape index (κ2) is 11.9. The third-order valence-corrected chi connectivity index (χ3v) is 11.8. The molecule has 0 bridgehead atoms. The lowest BCUT2D eigenvalue weighted by Gasteiger charge is -2.09. The van der Waals surface area contributed by atoms with Gasteiger partial charge >= 0.3 is 0 Å². The first kappa shape index (κ1) is 32.0. The van der Waals surface area contributed by atoms with E-state index in [1.54, 1.807) is 6.07 Å². The minimum absolute atomic E-state index is 0.176. The summed E-state index contributed by atoms with van der Waals surface area (Å²) in [7, 11) is 0. The van der Waals surface area contributed by atoms with Gasteiger partial charge in [0.25, 0.3) is 0 Å². The van der Waals surface area contributed by atoms with Gasteiger partial charge in [-0.3, -0.25) is 0 Å². The molecule has 7 nitrogen and oxygen atoms in total. The van der Waals surface area contributed by atoms with Crippen LogP contribution in [0.15, 0.2) is 185 Å². The topological polar surface area (TPSA) is 82.2 Å². The van der Waals surface area contributed by atoms with Gasteiger partial charge in [0.05, 0.1) is 44.5 Å². The van der Waals surface area contributed by atoms with Gasteiger partial charge in [-0.15, -0.1) is 0 Å². The summed E-state index contributed by atoms with van der Waals surface area (Å²) in [5, 5.41) is 17.3. The Bertz CT molecular complexity index is 3870. The lowest BCUT2D eigenvalue weighted by molar-refractivity contribution is 0.477. The van der Waals surface area contributed by atoms with Crippen LogP contribution in [0.5, 0.6) is 5.75 Å². The predicted octanol–water partition coefficient (Wildman–Crippen LogP) is 13.5. The van der Waals surface area contributed by atoms with Crippen molar-refractivity contribution in [1.29, 1.82) is 0 Å². The highest BCUT2D eigenvalue weighted by Gasteiger charge is 2.24. The first-order chi connectivity index (χ1) is 29.2. The average molecular weight is 759 g/mol. The zero-order chi connectivity index (χ0) is 38.8. The fraction of sp³-hybridized carbons (Fsp3) is 0. The fourth-order valence-electron chi connectivity index (χ4n) is 9.20. The van der Waals surface area contributed by atoms with E-state index in [2.05, 4.69) is 100 Å². The molecule has 0 aliphatic rings. The molecule has 0 fully saturated rings. The van der Waals surface area contributed by atoms with E-state index in [1.165, 1.54) is 0 Å². The molecular formula is C52H30N4O3. The molecule has 0 spiro atoms. The van der Waals surface area contributed by atoms with Crippen molar-refractivity contribution in [2.24, 2.45) is 0 Å². The van der Waals surface area contributed by atoms with Crippen LogP contribution in [-0.2, 0) is 0 Å². The Balaban J connectivity index is 1.17. The molecular weight excluding hydrogens is 729 g/mol. The highest BCUT2D eigenvalue weighted by atomic mass is 16.3. The van der Waals surface area contributed by atoms with Crippen LogP contribution in [0.2, 0.25) is 0 Å². The van der Waals surface area contributed by atoms with E-state index < -0.39 is 0 Å². The summed E-state index contributed by atoms with van der Waals surface area (Å²) in [6.07, 6.45) is 0. The van der Waals surface area contributed by atoms with Gasteiger partial charge in [0, 0.05) is 67.0 Å². The first-order valence-electron chi connectivity index (χ1n) is 19.6. The molecule has 1 N–H and O–H groups in total. The molecule has 13 rings (SSSR count). The van der Waals surface area contributed by atoms with Crippen molar-refractivity contribution in [2.45, 2.75) is 0 Å². The molecule has 0 aliphatic carbocycles. The zero-order valence-electron chi connectivity index (χ0n) is 31.3. The van der Waals surface area contributed by atoms with Crippen molar-refractivity contribution in [1.82, 2.24) is 19.1 Å². The Labute approximate surface area is 335 Å². The quantitative estimate of drug-likeness (QED) is 0.193. The molecule has 0 amide bonds. The Hall–Kier alpha value is -8.16. The normalized spacial score (nSPS) is 12.1. The van der Waals surface area contributed by atoms with Crippen LogP contribution in [-0.4, -0.2) is 24.2 Å². The van der Waals surface area contributed by atoms with Crippen molar-refractivity contribution in [3.05, 3.63) is 176 Å². The molecule has 7 aromatic carbocycles. The number of rotatable bonds is 4. The van der Waals surface area contributed by atoms with Crippen molar-refractivity contribution in [2.75, 3.05) is 0 Å². The Morgan fingerprint density at radius 1 is 0.390 bits per heavy atom. The zero-order valence-corrected chi connectivity index (χ0v) is 31.3. The van der Waals surface area contributed by atoms with Crippen LogP contribution in [0.4, 0.5) is 0 Å². The van der Waals surface area contributed by atoms with Gasteiger partial charge in [0.1, 0.15) is 28.1 Å². The molecule has 59 heavy (non-hydrogen) atoms. The maximum atomic E-state index is 11.0. The second-order valence-electron chi connectivity index (χ2n) is 15.1. The van der Waals surface area contributed by atoms with Gasteiger partial charge in [0.15, 0.2) is 0 Å². The number of aromatic nitrogens is 4. The Kier molecular flexibility index (Phi) is 6.46. The average Bonchev–Trinajstić information content (AvgIpc) is 4.03. The van der Waals surface area contributed by atoms with Gasteiger partial charge in [-0.05, 0) is 84.9 Å². The van der Waals surface area contributed by atoms with Crippen LogP contribution in [0.25, 0.3) is 122 Å². The molecule has 0 saturated heterocycles. The van der Waals surface area contributed by atoms with Gasteiger partial charge in [-0.25, -0.2) is 9.97 Å². The predicted molar refractivity (Wildman–Crippen MR) is 238 cm³/mol. The van der Waals surface area contributed by atoms with Gasteiger partial charge in [0.2, 0.25) is 0 Å². The minimum atomic E-state index is 0.176. The summed E-state index contributed by atoms with van der Waals surface area (Å²) in [6, 6.07) is 59.6. The minimum Gasteiger partial charge on any atom is -0.507 e. The first-order valence-corrected chi connectivity index (χ1v) is 19.6. The van der Waals surface area contributed by atoms with Crippen molar-refractivity contribution in [3.63, 3.8) is 0 Å². The molecule has 276 valence electrons. The molecule has 0 unspecified atom stereocenters. The number of phenols is 1. The number of pyridine rings is 2. The molecule has 0 saturated carbocycles. The van der Waals surface area contributed by atoms with Crippen LogP contribution in [0.3, 0.4) is 0 Å².